The van der Waals surface area contributed by atoms with Gasteiger partial charge in [-0.2, -0.15) is 0 Å². The van der Waals surface area contributed by atoms with Gasteiger partial charge in [-0.1, -0.05) is 11.6 Å². The summed E-state index contributed by atoms with van der Waals surface area (Å²) in [6, 6.07) is 1.18. The Morgan fingerprint density at radius 1 is 1.13 bits per heavy atom. The highest BCUT2D eigenvalue weighted by Crippen LogP contribution is 2.26. The number of hydrogen-bond acceptors (Lipinski definition) is 3. The number of carbonyl (C=O) groups excluding carboxylic acids is 1. The molecule has 1 saturated carbocycles. The first kappa shape index (κ1) is 17.0. The minimum absolute atomic E-state index is 0.229. The largest absolute Gasteiger partial charge is 0.353 e. The third kappa shape index (κ3) is 4.80. The van der Waals surface area contributed by atoms with Crippen LogP contribution in [0.1, 0.15) is 52.4 Å². The van der Waals surface area contributed by atoms with Crippen molar-refractivity contribution in [3.63, 3.8) is 0 Å². The Balaban J connectivity index is 1.45. The maximum atomic E-state index is 12.3. The molecule has 1 aliphatic carbocycles. The summed E-state index contributed by atoms with van der Waals surface area (Å²) in [6.45, 7) is 10.0. The van der Waals surface area contributed by atoms with Gasteiger partial charge in [-0.25, -0.2) is 0 Å². The maximum absolute atomic E-state index is 12.3. The molecule has 3 fully saturated rings. The first-order valence-electron chi connectivity index (χ1n) is 9.54. The van der Waals surface area contributed by atoms with Crippen molar-refractivity contribution < 1.29 is 4.79 Å². The number of allylic oxidation sites excluding steroid dienone is 1. The monoisotopic (exact) mass is 319 g/mol. The maximum Gasteiger partial charge on any atom is 0.224 e. The first-order chi connectivity index (χ1) is 11.2. The predicted octanol–water partition coefficient (Wildman–Crippen LogP) is 2.41. The van der Waals surface area contributed by atoms with Crippen molar-refractivity contribution in [1.82, 2.24) is 15.1 Å². The number of rotatable bonds is 5. The summed E-state index contributed by atoms with van der Waals surface area (Å²) in [6.07, 6.45) is 9.37. The van der Waals surface area contributed by atoms with Gasteiger partial charge in [0.25, 0.3) is 0 Å². The minimum atomic E-state index is 0.229. The van der Waals surface area contributed by atoms with Crippen LogP contribution in [0.3, 0.4) is 0 Å². The summed E-state index contributed by atoms with van der Waals surface area (Å²) < 4.78 is 0. The van der Waals surface area contributed by atoms with Gasteiger partial charge in [-0.15, -0.1) is 0 Å². The van der Waals surface area contributed by atoms with E-state index in [2.05, 4.69) is 35.0 Å². The number of nitrogens with one attached hydrogen (secondary N) is 1. The number of hydrogen-bond donors (Lipinski definition) is 1. The molecule has 0 aromatic rings. The van der Waals surface area contributed by atoms with E-state index in [0.717, 1.165) is 19.5 Å². The van der Waals surface area contributed by atoms with E-state index in [4.69, 9.17) is 0 Å². The number of nitrogens with zero attached hydrogens (tertiary/aromatic N) is 2. The molecule has 2 aliphatic heterocycles. The van der Waals surface area contributed by atoms with Crippen molar-refractivity contribution in [3.8, 4) is 0 Å². The van der Waals surface area contributed by atoms with Gasteiger partial charge in [0, 0.05) is 25.2 Å². The zero-order valence-corrected chi connectivity index (χ0v) is 14.9. The molecular formula is C19H33N3O. The molecule has 23 heavy (non-hydrogen) atoms. The summed E-state index contributed by atoms with van der Waals surface area (Å²) >= 11 is 0. The molecule has 3 aliphatic rings. The third-order valence-corrected chi connectivity index (χ3v) is 5.79. The second-order valence-corrected chi connectivity index (χ2v) is 7.76. The van der Waals surface area contributed by atoms with Gasteiger partial charge in [0.2, 0.25) is 5.91 Å². The van der Waals surface area contributed by atoms with Crippen molar-refractivity contribution in [2.75, 3.05) is 32.7 Å². The molecule has 0 bridgehead atoms. The molecule has 1 N–H and O–H groups in total. The number of piperidine rings is 2. The van der Waals surface area contributed by atoms with Crippen LogP contribution in [0.4, 0.5) is 0 Å². The van der Waals surface area contributed by atoms with Crippen molar-refractivity contribution in [2.24, 2.45) is 5.92 Å². The zero-order chi connectivity index (χ0) is 16.2. The molecule has 4 heteroatoms. The fourth-order valence-corrected chi connectivity index (χ4v) is 3.99. The summed E-state index contributed by atoms with van der Waals surface area (Å²) in [7, 11) is 0. The summed E-state index contributed by atoms with van der Waals surface area (Å²) in [5, 5.41) is 3.20. The van der Waals surface area contributed by atoms with E-state index in [-0.39, 0.29) is 5.92 Å². The molecule has 0 aromatic heterocycles. The molecular weight excluding hydrogens is 286 g/mol. The first-order valence-corrected chi connectivity index (χ1v) is 9.54. The Bertz CT molecular complexity index is 436. The van der Waals surface area contributed by atoms with Crippen LogP contribution in [0.15, 0.2) is 11.6 Å². The predicted molar refractivity (Wildman–Crippen MR) is 94.4 cm³/mol. The number of amides is 1. The van der Waals surface area contributed by atoms with Crippen LogP contribution in [-0.2, 0) is 4.79 Å². The van der Waals surface area contributed by atoms with E-state index < -0.39 is 0 Å². The van der Waals surface area contributed by atoms with Crippen LogP contribution in [-0.4, -0.2) is 60.5 Å². The van der Waals surface area contributed by atoms with E-state index in [9.17, 15) is 4.79 Å². The zero-order valence-electron chi connectivity index (χ0n) is 14.9. The second kappa shape index (κ2) is 7.80. The van der Waals surface area contributed by atoms with Crippen LogP contribution in [0.5, 0.6) is 0 Å². The Hall–Kier alpha value is -0.870. The highest BCUT2D eigenvalue weighted by Gasteiger charge is 2.33. The van der Waals surface area contributed by atoms with Crippen LogP contribution < -0.4 is 5.32 Å². The van der Waals surface area contributed by atoms with Gasteiger partial charge in [-0.3, -0.25) is 14.6 Å². The Morgan fingerprint density at radius 3 is 2.52 bits per heavy atom. The molecule has 0 radical (unpaired) electrons. The van der Waals surface area contributed by atoms with Gasteiger partial charge in [0.15, 0.2) is 0 Å². The third-order valence-electron chi connectivity index (χ3n) is 5.79. The van der Waals surface area contributed by atoms with Crippen molar-refractivity contribution in [3.05, 3.63) is 11.6 Å². The molecule has 2 heterocycles. The summed E-state index contributed by atoms with van der Waals surface area (Å²) in [5.41, 5.74) is 1.47. The van der Waals surface area contributed by atoms with Crippen LogP contribution >= 0.6 is 0 Å². The SMILES string of the molecule is C/C=C(\C)CN1CCC(N2CCC[C@H](C(=O)NC3CC3)C2)CC1. The average Bonchev–Trinajstić information content (AvgIpc) is 3.39. The lowest BCUT2D eigenvalue weighted by molar-refractivity contribution is -0.127. The van der Waals surface area contributed by atoms with E-state index in [1.807, 2.05) is 0 Å². The van der Waals surface area contributed by atoms with E-state index in [0.29, 0.717) is 18.0 Å². The second-order valence-electron chi connectivity index (χ2n) is 7.76. The smallest absolute Gasteiger partial charge is 0.224 e. The van der Waals surface area contributed by atoms with Gasteiger partial charge < -0.3 is 5.32 Å². The molecule has 1 amide bonds. The Labute approximate surface area is 141 Å². The van der Waals surface area contributed by atoms with E-state index in [1.165, 1.54) is 57.3 Å². The standard InChI is InChI=1S/C19H33N3O/c1-3-15(2)13-21-11-8-18(9-12-21)22-10-4-5-16(14-22)19(23)20-17-6-7-17/h3,16-18H,4-14H2,1-2H3,(H,20,23)/b15-3+/t16-/m0/s1. The fraction of sp³-hybridized carbons (Fsp3) is 0.842. The molecule has 2 saturated heterocycles. The van der Waals surface area contributed by atoms with Crippen LogP contribution in [0, 0.1) is 5.92 Å². The van der Waals surface area contributed by atoms with Gasteiger partial charge in [0.05, 0.1) is 5.92 Å². The summed E-state index contributed by atoms with van der Waals surface area (Å²) in [5.74, 6) is 0.547. The average molecular weight is 319 g/mol. The number of likely N-dealkylation sites (tertiary alicyclic amines) is 2. The Kier molecular flexibility index (Phi) is 5.76. The molecule has 1 atom stereocenters. The van der Waals surface area contributed by atoms with E-state index in [1.54, 1.807) is 0 Å². The molecule has 4 nitrogen and oxygen atoms in total. The van der Waals surface area contributed by atoms with Crippen LogP contribution in [0.25, 0.3) is 0 Å². The molecule has 0 aromatic carbocycles. The molecule has 0 unspecified atom stereocenters. The highest BCUT2D eigenvalue weighted by molar-refractivity contribution is 5.79. The Morgan fingerprint density at radius 2 is 1.87 bits per heavy atom. The van der Waals surface area contributed by atoms with Crippen LogP contribution in [0.2, 0.25) is 0 Å². The minimum Gasteiger partial charge on any atom is -0.353 e. The van der Waals surface area contributed by atoms with Crippen molar-refractivity contribution in [2.45, 2.75) is 64.5 Å². The van der Waals surface area contributed by atoms with Gasteiger partial charge >= 0.3 is 0 Å². The lowest BCUT2D eigenvalue weighted by Gasteiger charge is -2.42. The van der Waals surface area contributed by atoms with Crippen molar-refractivity contribution in [1.29, 1.82) is 0 Å². The quantitative estimate of drug-likeness (QED) is 0.791. The molecule has 130 valence electrons. The summed E-state index contributed by atoms with van der Waals surface area (Å²) in [4.78, 5) is 17.5. The lowest BCUT2D eigenvalue weighted by atomic mass is 9.93. The molecule has 3 rings (SSSR count). The fourth-order valence-electron chi connectivity index (χ4n) is 3.99. The van der Waals surface area contributed by atoms with Crippen molar-refractivity contribution >= 4 is 5.91 Å². The van der Waals surface area contributed by atoms with Gasteiger partial charge in [0.1, 0.15) is 0 Å². The lowest BCUT2D eigenvalue weighted by Crippen LogP contribution is -2.51. The molecule has 0 spiro atoms. The van der Waals surface area contributed by atoms with Gasteiger partial charge in [-0.05, 0) is 72.0 Å². The number of carbonyl (C=O) groups is 1. The topological polar surface area (TPSA) is 35.6 Å². The normalized spacial score (nSPS) is 28.8. The van der Waals surface area contributed by atoms with E-state index >= 15 is 0 Å². The highest BCUT2D eigenvalue weighted by atomic mass is 16.2.